The van der Waals surface area contributed by atoms with Gasteiger partial charge in [0, 0.05) is 6.42 Å². The first-order chi connectivity index (χ1) is 12.0. The van der Waals surface area contributed by atoms with Gasteiger partial charge in [0.1, 0.15) is 6.61 Å². The van der Waals surface area contributed by atoms with Crippen molar-refractivity contribution in [3.63, 3.8) is 0 Å². The number of aliphatic hydroxyl groups is 1. The summed E-state index contributed by atoms with van der Waals surface area (Å²) in [6, 6.07) is 3.43. The minimum Gasteiger partial charge on any atom is -0.538 e. The quantitative estimate of drug-likeness (QED) is 0.171. The number of aliphatic hydroxyl groups excluding tert-OH is 1. The smallest absolute Gasteiger partial charge is 0.538 e. The number of carbonyl (C=O) groups is 2. The fourth-order valence-corrected chi connectivity index (χ4v) is 2.83. The summed E-state index contributed by atoms with van der Waals surface area (Å²) in [5.74, 6) is -2.32. The van der Waals surface area contributed by atoms with E-state index in [4.69, 9.17) is 19.7 Å². The van der Waals surface area contributed by atoms with Crippen LogP contribution in [-0.4, -0.2) is 59.1 Å². The first-order valence-electron chi connectivity index (χ1n) is 7.45. The molecule has 2 heterocycles. The third-order valence-electron chi connectivity index (χ3n) is 3.23. The molecule has 0 radical (unpaired) electrons. The molecule has 0 spiro atoms. The van der Waals surface area contributed by atoms with E-state index < -0.39 is 24.9 Å². The van der Waals surface area contributed by atoms with E-state index in [1.54, 1.807) is 17.5 Å². The topological polar surface area (TPSA) is 138 Å². The minimum absolute atomic E-state index is 0.0162. The van der Waals surface area contributed by atoms with E-state index in [9.17, 15) is 14.6 Å². The molecule has 0 aliphatic carbocycles. The van der Waals surface area contributed by atoms with E-state index in [0.29, 0.717) is 11.3 Å². The summed E-state index contributed by atoms with van der Waals surface area (Å²) in [6.07, 6.45) is 1.45. The standard InChI is InChI=1S/C14H17BN2O7S/c18-5-6-23-17-13(10-2-1-7-25-10)14(21)16-11-4-3-9(8-12(19)20)24-15(11)22/h1-2,7-8,11,18,22H,3-6H2,(H,16,21)(H,19,20)/b9-8-,17-13-/t11-/m0/s1. The Morgan fingerprint density at radius 3 is 2.96 bits per heavy atom. The maximum Gasteiger partial charge on any atom is 0.546 e. The number of allylic oxidation sites excluding steroid dienone is 1. The molecule has 1 aliphatic rings. The first-order valence-corrected chi connectivity index (χ1v) is 8.33. The van der Waals surface area contributed by atoms with Crippen LogP contribution in [0.1, 0.15) is 17.7 Å². The molecule has 4 N–H and O–H groups in total. The Morgan fingerprint density at radius 1 is 1.56 bits per heavy atom. The van der Waals surface area contributed by atoms with Crippen LogP contribution < -0.4 is 5.32 Å². The molecule has 134 valence electrons. The molecule has 25 heavy (non-hydrogen) atoms. The number of amides is 1. The Labute approximate surface area is 147 Å². The van der Waals surface area contributed by atoms with Gasteiger partial charge in [-0.3, -0.25) is 4.79 Å². The van der Waals surface area contributed by atoms with Gasteiger partial charge in [-0.15, -0.1) is 11.3 Å². The Balaban J connectivity index is 2.03. The zero-order chi connectivity index (χ0) is 18.2. The molecule has 1 atom stereocenters. The van der Waals surface area contributed by atoms with Crippen LogP contribution in [0.2, 0.25) is 0 Å². The van der Waals surface area contributed by atoms with Crippen molar-refractivity contribution in [2.75, 3.05) is 13.2 Å². The molecule has 1 aromatic heterocycles. The predicted octanol–water partition coefficient (Wildman–Crippen LogP) is -0.256. The van der Waals surface area contributed by atoms with Crippen LogP contribution in [0.5, 0.6) is 0 Å². The van der Waals surface area contributed by atoms with Crippen LogP contribution in [0.25, 0.3) is 0 Å². The molecule has 0 unspecified atom stereocenters. The number of carboxylic acid groups (broad SMARTS) is 1. The van der Waals surface area contributed by atoms with Crippen LogP contribution >= 0.6 is 11.3 Å². The third-order valence-corrected chi connectivity index (χ3v) is 4.10. The molecule has 2 rings (SSSR count). The van der Waals surface area contributed by atoms with Crippen LogP contribution in [0, 0.1) is 0 Å². The third kappa shape index (κ3) is 5.59. The van der Waals surface area contributed by atoms with Crippen molar-refractivity contribution in [2.45, 2.75) is 18.8 Å². The highest BCUT2D eigenvalue weighted by Gasteiger charge is 2.36. The molecule has 0 bridgehead atoms. The van der Waals surface area contributed by atoms with Crippen LogP contribution in [0.4, 0.5) is 0 Å². The van der Waals surface area contributed by atoms with Crippen molar-refractivity contribution in [2.24, 2.45) is 5.16 Å². The fraction of sp³-hybridized carbons (Fsp3) is 0.357. The van der Waals surface area contributed by atoms with Crippen LogP contribution in [-0.2, 0) is 19.1 Å². The zero-order valence-electron chi connectivity index (χ0n) is 13.1. The van der Waals surface area contributed by atoms with Gasteiger partial charge in [0.2, 0.25) is 0 Å². The molecular formula is C14H17BN2O7S. The maximum absolute atomic E-state index is 12.5. The number of carbonyl (C=O) groups excluding carboxylic acids is 1. The monoisotopic (exact) mass is 368 g/mol. The minimum atomic E-state index is -1.37. The molecule has 1 aliphatic heterocycles. The van der Waals surface area contributed by atoms with Gasteiger partial charge in [-0.05, 0) is 17.9 Å². The summed E-state index contributed by atoms with van der Waals surface area (Å²) in [5.41, 5.74) is 0.0162. The second-order valence-electron chi connectivity index (χ2n) is 5.05. The lowest BCUT2D eigenvalue weighted by atomic mass is 9.73. The second-order valence-corrected chi connectivity index (χ2v) is 6.00. The summed E-state index contributed by atoms with van der Waals surface area (Å²) in [5, 5.41) is 35.5. The van der Waals surface area contributed by atoms with Gasteiger partial charge in [0.05, 0.1) is 29.3 Å². The van der Waals surface area contributed by atoms with E-state index >= 15 is 0 Å². The molecule has 11 heteroatoms. The number of hydrogen-bond donors (Lipinski definition) is 4. The fourth-order valence-electron chi connectivity index (χ4n) is 2.12. The zero-order valence-corrected chi connectivity index (χ0v) is 13.9. The molecule has 1 amide bonds. The predicted molar refractivity (Wildman–Crippen MR) is 89.8 cm³/mol. The van der Waals surface area contributed by atoms with Gasteiger partial charge in [-0.25, -0.2) is 4.79 Å². The SMILES string of the molecule is O=C(O)/C=C1/CC[C@H](NC(=O)/C(=N\OCCO)c2cccs2)B(O)O1. The van der Waals surface area contributed by atoms with Crippen molar-refractivity contribution in [3.8, 4) is 0 Å². The van der Waals surface area contributed by atoms with Gasteiger partial charge < -0.3 is 30.0 Å². The Morgan fingerprint density at radius 2 is 2.36 bits per heavy atom. The van der Waals surface area contributed by atoms with Crippen molar-refractivity contribution in [1.82, 2.24) is 5.32 Å². The summed E-state index contributed by atoms with van der Waals surface area (Å²) in [4.78, 5) is 28.5. The van der Waals surface area contributed by atoms with Crippen LogP contribution in [0.15, 0.2) is 34.5 Å². The Kier molecular flexibility index (Phi) is 6.98. The summed E-state index contributed by atoms with van der Waals surface area (Å²) < 4.78 is 5.10. The normalized spacial score (nSPS) is 19.4. The summed E-state index contributed by atoms with van der Waals surface area (Å²) in [6.45, 7) is -0.294. The number of rotatable bonds is 7. The number of oxime groups is 1. The lowest BCUT2D eigenvalue weighted by molar-refractivity contribution is -0.131. The molecule has 0 saturated carbocycles. The molecule has 1 saturated heterocycles. The first kappa shape index (κ1) is 19.0. The van der Waals surface area contributed by atoms with E-state index in [2.05, 4.69) is 10.5 Å². The van der Waals surface area contributed by atoms with E-state index in [1.807, 2.05) is 0 Å². The highest BCUT2D eigenvalue weighted by Crippen LogP contribution is 2.19. The molecular weight excluding hydrogens is 351 g/mol. The van der Waals surface area contributed by atoms with Gasteiger partial charge in [0.15, 0.2) is 5.71 Å². The average Bonchev–Trinajstić information content (AvgIpc) is 3.07. The summed E-state index contributed by atoms with van der Waals surface area (Å²) >= 11 is 1.29. The average molecular weight is 368 g/mol. The molecule has 0 aromatic carbocycles. The largest absolute Gasteiger partial charge is 0.546 e. The van der Waals surface area contributed by atoms with E-state index in [0.717, 1.165) is 6.08 Å². The summed E-state index contributed by atoms with van der Waals surface area (Å²) in [7, 11) is -1.37. The number of nitrogens with one attached hydrogen (secondary N) is 1. The molecule has 1 aromatic rings. The highest BCUT2D eigenvalue weighted by molar-refractivity contribution is 7.13. The van der Waals surface area contributed by atoms with E-state index in [1.165, 1.54) is 11.3 Å². The number of aliphatic carboxylic acids is 1. The van der Waals surface area contributed by atoms with Crippen molar-refractivity contribution >= 4 is 36.0 Å². The van der Waals surface area contributed by atoms with Crippen LogP contribution in [0.3, 0.4) is 0 Å². The van der Waals surface area contributed by atoms with Crippen molar-refractivity contribution in [1.29, 1.82) is 0 Å². The number of nitrogens with zero attached hydrogens (tertiary/aromatic N) is 1. The van der Waals surface area contributed by atoms with E-state index in [-0.39, 0.29) is 31.1 Å². The van der Waals surface area contributed by atoms with Gasteiger partial charge in [-0.1, -0.05) is 11.2 Å². The Hall–Kier alpha value is -2.37. The van der Waals surface area contributed by atoms with Gasteiger partial charge >= 0.3 is 13.1 Å². The number of hydrogen-bond acceptors (Lipinski definition) is 8. The van der Waals surface area contributed by atoms with Crippen molar-refractivity contribution < 1.29 is 34.3 Å². The van der Waals surface area contributed by atoms with Crippen molar-refractivity contribution in [3.05, 3.63) is 34.2 Å². The maximum atomic E-state index is 12.5. The molecule has 9 nitrogen and oxygen atoms in total. The number of carboxylic acids is 1. The van der Waals surface area contributed by atoms with Gasteiger partial charge in [0.25, 0.3) is 5.91 Å². The molecule has 1 fully saturated rings. The number of thiophene rings is 1. The Bertz CT molecular complexity index is 662. The highest BCUT2D eigenvalue weighted by atomic mass is 32.1. The second kappa shape index (κ2) is 9.21. The van der Waals surface area contributed by atoms with Gasteiger partial charge in [-0.2, -0.15) is 0 Å². The lowest BCUT2D eigenvalue weighted by Crippen LogP contribution is -2.51. The lowest BCUT2D eigenvalue weighted by Gasteiger charge is -2.27.